The van der Waals surface area contributed by atoms with Crippen LogP contribution in [0.1, 0.15) is 22.6 Å². The van der Waals surface area contributed by atoms with Gasteiger partial charge in [0, 0.05) is 31.6 Å². The van der Waals surface area contributed by atoms with Crippen LogP contribution >= 0.6 is 24.0 Å². The lowest BCUT2D eigenvalue weighted by molar-refractivity contribution is 0.640. The molecule has 2 N–H and O–H groups in total. The van der Waals surface area contributed by atoms with Crippen LogP contribution < -0.4 is 5.32 Å². The third-order valence-corrected chi connectivity index (χ3v) is 4.18. The number of H-pyrrole nitrogens is 1. The Morgan fingerprint density at radius 2 is 1.95 bits per heavy atom. The monoisotopic (exact) mass is 334 g/mol. The van der Waals surface area contributed by atoms with Crippen molar-refractivity contribution < 1.29 is 0 Å². The van der Waals surface area contributed by atoms with E-state index in [1.54, 1.807) is 0 Å². The summed E-state index contributed by atoms with van der Waals surface area (Å²) in [6.07, 6.45) is 1.68. The summed E-state index contributed by atoms with van der Waals surface area (Å²) >= 11 is 6.41. The van der Waals surface area contributed by atoms with E-state index in [9.17, 15) is 0 Å². The number of rotatable bonds is 2. The van der Waals surface area contributed by atoms with Crippen LogP contribution in [0.25, 0.3) is 11.0 Å². The molecule has 6 heteroatoms. The Labute approximate surface area is 139 Å². The molecule has 0 bridgehead atoms. The number of benzene rings is 1. The van der Waals surface area contributed by atoms with Crippen LogP contribution in [0.2, 0.25) is 5.15 Å². The molecule has 4 rings (SSSR count). The van der Waals surface area contributed by atoms with Gasteiger partial charge < -0.3 is 10.3 Å². The van der Waals surface area contributed by atoms with Crippen LogP contribution in [0.4, 0.5) is 0 Å². The Hall–Kier alpha value is -1.62. The Bertz CT molecular complexity index is 799. The zero-order valence-corrected chi connectivity index (χ0v) is 13.5. The van der Waals surface area contributed by atoms with Gasteiger partial charge in [0.25, 0.3) is 0 Å². The molecule has 0 spiro atoms. The molecule has 0 atom stereocenters. The number of aromatic amines is 1. The van der Waals surface area contributed by atoms with E-state index in [1.807, 2.05) is 18.2 Å². The molecule has 0 saturated carbocycles. The average molecular weight is 335 g/mol. The lowest BCUT2D eigenvalue weighted by atomic mass is 10.1. The van der Waals surface area contributed by atoms with E-state index in [1.165, 1.54) is 16.8 Å². The number of halogens is 2. The zero-order chi connectivity index (χ0) is 14.2. The van der Waals surface area contributed by atoms with Crippen molar-refractivity contribution in [3.05, 3.63) is 58.1 Å². The molecular weight excluding hydrogens is 319 g/mol. The van der Waals surface area contributed by atoms with Crippen LogP contribution in [-0.4, -0.2) is 21.5 Å². The fourth-order valence-electron chi connectivity index (χ4n) is 2.90. The van der Waals surface area contributed by atoms with Crippen molar-refractivity contribution in [2.75, 3.05) is 6.54 Å². The van der Waals surface area contributed by atoms with Gasteiger partial charge in [0.2, 0.25) is 0 Å². The maximum Gasteiger partial charge on any atom is 0.143 e. The SMILES string of the molecule is Cl.Clc1nc(Cc2ccccc2)nc2[nH]c3c(c12)CNCC3. The molecule has 0 aliphatic carbocycles. The maximum atomic E-state index is 6.41. The van der Waals surface area contributed by atoms with Crippen molar-refractivity contribution in [1.29, 1.82) is 0 Å². The lowest BCUT2D eigenvalue weighted by Gasteiger charge is -2.12. The predicted molar refractivity (Wildman–Crippen MR) is 90.8 cm³/mol. The summed E-state index contributed by atoms with van der Waals surface area (Å²) < 4.78 is 0. The van der Waals surface area contributed by atoms with Crippen molar-refractivity contribution in [2.24, 2.45) is 0 Å². The third-order valence-electron chi connectivity index (χ3n) is 3.91. The second-order valence-corrected chi connectivity index (χ2v) is 5.68. The first kappa shape index (κ1) is 15.3. The van der Waals surface area contributed by atoms with E-state index in [-0.39, 0.29) is 12.4 Å². The summed E-state index contributed by atoms with van der Waals surface area (Å²) in [5.41, 5.74) is 4.49. The molecule has 0 saturated heterocycles. The molecule has 0 unspecified atom stereocenters. The van der Waals surface area contributed by atoms with Gasteiger partial charge >= 0.3 is 0 Å². The molecule has 1 aliphatic rings. The predicted octanol–water partition coefficient (Wildman–Crippen LogP) is 3.27. The lowest BCUT2D eigenvalue weighted by Crippen LogP contribution is -2.22. The smallest absolute Gasteiger partial charge is 0.143 e. The minimum atomic E-state index is 0. The van der Waals surface area contributed by atoms with Gasteiger partial charge in [-0.1, -0.05) is 41.9 Å². The molecule has 0 radical (unpaired) electrons. The fourth-order valence-corrected chi connectivity index (χ4v) is 3.20. The van der Waals surface area contributed by atoms with Crippen molar-refractivity contribution in [1.82, 2.24) is 20.3 Å². The summed E-state index contributed by atoms with van der Waals surface area (Å²) in [5.74, 6) is 0.755. The number of aromatic nitrogens is 3. The second kappa shape index (κ2) is 6.24. The normalized spacial score (nSPS) is 13.7. The number of fused-ring (bicyclic) bond motifs is 3. The highest BCUT2D eigenvalue weighted by atomic mass is 35.5. The van der Waals surface area contributed by atoms with Gasteiger partial charge in [-0.3, -0.25) is 0 Å². The number of nitrogens with one attached hydrogen (secondary N) is 2. The molecule has 3 aromatic rings. The van der Waals surface area contributed by atoms with E-state index < -0.39 is 0 Å². The zero-order valence-electron chi connectivity index (χ0n) is 11.9. The number of hydrogen-bond acceptors (Lipinski definition) is 3. The minimum absolute atomic E-state index is 0. The molecule has 22 heavy (non-hydrogen) atoms. The summed E-state index contributed by atoms with van der Waals surface area (Å²) in [5, 5.41) is 4.88. The van der Waals surface area contributed by atoms with E-state index >= 15 is 0 Å². The Kier molecular flexibility index (Phi) is 4.34. The summed E-state index contributed by atoms with van der Waals surface area (Å²) in [4.78, 5) is 12.5. The van der Waals surface area contributed by atoms with E-state index in [4.69, 9.17) is 11.6 Å². The second-order valence-electron chi connectivity index (χ2n) is 5.33. The van der Waals surface area contributed by atoms with Gasteiger partial charge in [0.05, 0.1) is 5.39 Å². The highest BCUT2D eigenvalue weighted by Crippen LogP contribution is 2.29. The Balaban J connectivity index is 0.00000144. The number of nitrogens with zero attached hydrogens (tertiary/aromatic N) is 2. The van der Waals surface area contributed by atoms with Gasteiger partial charge in [-0.05, 0) is 11.1 Å². The standard InChI is InChI=1S/C16H15ClN4.ClH/c17-15-14-11-9-18-7-6-12(11)19-16(14)21-13(20-15)8-10-4-2-1-3-5-10;/h1-5,18H,6-9H2,(H,19,20,21);1H. The number of hydrogen-bond donors (Lipinski definition) is 2. The van der Waals surface area contributed by atoms with Crippen LogP contribution in [0.3, 0.4) is 0 Å². The van der Waals surface area contributed by atoms with Crippen molar-refractivity contribution in [3.8, 4) is 0 Å². The van der Waals surface area contributed by atoms with Crippen LogP contribution in [0.5, 0.6) is 0 Å². The first-order chi connectivity index (χ1) is 10.3. The molecule has 114 valence electrons. The van der Waals surface area contributed by atoms with Crippen LogP contribution in [0.15, 0.2) is 30.3 Å². The molecule has 1 aliphatic heterocycles. The van der Waals surface area contributed by atoms with E-state index in [0.717, 1.165) is 36.4 Å². The van der Waals surface area contributed by atoms with Gasteiger partial charge in [0.15, 0.2) is 0 Å². The average Bonchev–Trinajstić information content (AvgIpc) is 2.87. The first-order valence-corrected chi connectivity index (χ1v) is 7.49. The highest BCUT2D eigenvalue weighted by Gasteiger charge is 2.19. The summed E-state index contributed by atoms with van der Waals surface area (Å²) in [7, 11) is 0. The molecule has 1 aromatic carbocycles. The van der Waals surface area contributed by atoms with Gasteiger partial charge in [-0.15, -0.1) is 12.4 Å². The van der Waals surface area contributed by atoms with Gasteiger partial charge in [0.1, 0.15) is 16.6 Å². The van der Waals surface area contributed by atoms with E-state index in [2.05, 4.69) is 32.4 Å². The first-order valence-electron chi connectivity index (χ1n) is 7.12. The van der Waals surface area contributed by atoms with Gasteiger partial charge in [-0.25, -0.2) is 9.97 Å². The minimum Gasteiger partial charge on any atom is -0.343 e. The molecule has 4 nitrogen and oxygen atoms in total. The molecular formula is C16H16Cl2N4. The summed E-state index contributed by atoms with van der Waals surface area (Å²) in [6.45, 7) is 1.82. The van der Waals surface area contributed by atoms with Crippen molar-refractivity contribution in [3.63, 3.8) is 0 Å². The van der Waals surface area contributed by atoms with Gasteiger partial charge in [-0.2, -0.15) is 0 Å². The van der Waals surface area contributed by atoms with Crippen LogP contribution in [-0.2, 0) is 19.4 Å². The van der Waals surface area contributed by atoms with E-state index in [0.29, 0.717) is 11.6 Å². The highest BCUT2D eigenvalue weighted by molar-refractivity contribution is 6.34. The maximum absolute atomic E-state index is 6.41. The Morgan fingerprint density at radius 1 is 1.14 bits per heavy atom. The fraction of sp³-hybridized carbons (Fsp3) is 0.250. The Morgan fingerprint density at radius 3 is 2.77 bits per heavy atom. The van der Waals surface area contributed by atoms with Crippen LogP contribution in [0, 0.1) is 0 Å². The largest absolute Gasteiger partial charge is 0.343 e. The summed E-state index contributed by atoms with van der Waals surface area (Å²) in [6, 6.07) is 10.2. The third kappa shape index (κ3) is 2.70. The topological polar surface area (TPSA) is 53.6 Å². The molecule has 0 fully saturated rings. The quantitative estimate of drug-likeness (QED) is 0.707. The van der Waals surface area contributed by atoms with Crippen molar-refractivity contribution in [2.45, 2.75) is 19.4 Å². The van der Waals surface area contributed by atoms with Crippen molar-refractivity contribution >= 4 is 35.0 Å². The molecule has 3 heterocycles. The molecule has 2 aromatic heterocycles. The molecule has 0 amide bonds.